The van der Waals surface area contributed by atoms with Gasteiger partial charge in [0, 0.05) is 24.7 Å². The van der Waals surface area contributed by atoms with Gasteiger partial charge in [-0.25, -0.2) is 0 Å². The van der Waals surface area contributed by atoms with E-state index in [4.69, 9.17) is 4.74 Å². The Bertz CT molecular complexity index is 1080. The van der Waals surface area contributed by atoms with Gasteiger partial charge in [0.2, 0.25) is 11.8 Å². The Labute approximate surface area is 182 Å². The highest BCUT2D eigenvalue weighted by Crippen LogP contribution is 2.40. The quantitative estimate of drug-likeness (QED) is 0.735. The Kier molecular flexibility index (Phi) is 6.58. The summed E-state index contributed by atoms with van der Waals surface area (Å²) in [6, 6.07) is 9.60. The average Bonchev–Trinajstić information content (AvgIpc) is 2.72. The van der Waals surface area contributed by atoms with E-state index in [1.165, 1.54) is 49.4 Å². The first-order chi connectivity index (χ1) is 15.2. The van der Waals surface area contributed by atoms with Gasteiger partial charge in [-0.15, -0.1) is 13.2 Å². The standard InChI is InChI=1S/C22H20F3N3O4/c1-27-21(30)17-7-8-28(17)20(29)11-13-3-6-19(32-22(23,24)25)16(9-13)15-10-14(12-26)4-5-18(15)31-2/h3-6,9-10,17H,7-8,11H2,1-2H3,(H,27,30)/t17-/m0/s1. The molecular weight excluding hydrogens is 427 g/mol. The summed E-state index contributed by atoms with van der Waals surface area (Å²) in [6.45, 7) is 0.428. The molecule has 2 aromatic rings. The second kappa shape index (κ2) is 9.18. The summed E-state index contributed by atoms with van der Waals surface area (Å²) in [5.74, 6) is -0.841. The molecule has 1 fully saturated rings. The van der Waals surface area contributed by atoms with E-state index in [-0.39, 0.29) is 40.7 Å². The Morgan fingerprint density at radius 2 is 1.88 bits per heavy atom. The second-order valence-electron chi connectivity index (χ2n) is 7.09. The molecule has 1 aliphatic heterocycles. The zero-order valence-electron chi connectivity index (χ0n) is 17.3. The number of carbonyl (C=O) groups is 2. The number of hydrogen-bond acceptors (Lipinski definition) is 5. The topological polar surface area (TPSA) is 91.7 Å². The lowest BCUT2D eigenvalue weighted by Crippen LogP contribution is -2.58. The van der Waals surface area contributed by atoms with Crippen LogP contribution < -0.4 is 14.8 Å². The SMILES string of the molecule is CNC(=O)[C@@H]1CCN1C(=O)Cc1ccc(OC(F)(F)F)c(-c2cc(C#N)ccc2OC)c1. The van der Waals surface area contributed by atoms with Gasteiger partial charge in [-0.2, -0.15) is 5.26 Å². The zero-order valence-corrected chi connectivity index (χ0v) is 17.3. The van der Waals surface area contributed by atoms with Crippen molar-refractivity contribution in [2.24, 2.45) is 0 Å². The molecule has 0 aliphatic carbocycles. The summed E-state index contributed by atoms with van der Waals surface area (Å²) in [4.78, 5) is 25.9. The molecule has 0 bridgehead atoms. The third-order valence-electron chi connectivity index (χ3n) is 5.13. The summed E-state index contributed by atoms with van der Waals surface area (Å²) in [5.41, 5.74) is 0.876. The van der Waals surface area contributed by atoms with Crippen LogP contribution in [-0.4, -0.2) is 49.8 Å². The van der Waals surface area contributed by atoms with Crippen LogP contribution in [0, 0.1) is 11.3 Å². The summed E-state index contributed by atoms with van der Waals surface area (Å²) in [7, 11) is 2.84. The molecule has 32 heavy (non-hydrogen) atoms. The molecule has 10 heteroatoms. The molecule has 0 unspecified atom stereocenters. The molecule has 3 rings (SSSR count). The van der Waals surface area contributed by atoms with Gasteiger partial charge in [-0.05, 0) is 42.3 Å². The van der Waals surface area contributed by atoms with Crippen LogP contribution in [0.2, 0.25) is 0 Å². The lowest BCUT2D eigenvalue weighted by molar-refractivity contribution is -0.274. The molecule has 168 valence electrons. The first-order valence-corrected chi connectivity index (χ1v) is 9.65. The lowest BCUT2D eigenvalue weighted by Gasteiger charge is -2.39. The molecular formula is C22H20F3N3O4. The number of ether oxygens (including phenoxy) is 2. The van der Waals surface area contributed by atoms with Crippen LogP contribution >= 0.6 is 0 Å². The Morgan fingerprint density at radius 3 is 2.44 bits per heavy atom. The van der Waals surface area contributed by atoms with Crippen molar-refractivity contribution in [2.75, 3.05) is 20.7 Å². The predicted octanol–water partition coefficient (Wildman–Crippen LogP) is 3.02. The minimum absolute atomic E-state index is 0.0213. The molecule has 0 radical (unpaired) electrons. The minimum atomic E-state index is -4.94. The van der Waals surface area contributed by atoms with Crippen molar-refractivity contribution in [2.45, 2.75) is 25.2 Å². The van der Waals surface area contributed by atoms with Gasteiger partial charge >= 0.3 is 6.36 Å². The Hall–Kier alpha value is -3.74. The fourth-order valence-corrected chi connectivity index (χ4v) is 3.50. The van der Waals surface area contributed by atoms with Gasteiger partial charge in [0.15, 0.2) is 0 Å². The molecule has 7 nitrogen and oxygen atoms in total. The maximum Gasteiger partial charge on any atom is 0.573 e. The Morgan fingerprint density at radius 1 is 1.19 bits per heavy atom. The van der Waals surface area contributed by atoms with Crippen molar-refractivity contribution in [1.82, 2.24) is 10.2 Å². The first-order valence-electron chi connectivity index (χ1n) is 9.65. The monoisotopic (exact) mass is 447 g/mol. The number of nitriles is 1. The van der Waals surface area contributed by atoms with E-state index in [0.29, 0.717) is 18.5 Å². The maximum atomic E-state index is 13.0. The number of nitrogens with one attached hydrogen (secondary N) is 1. The van der Waals surface area contributed by atoms with E-state index >= 15 is 0 Å². The highest BCUT2D eigenvalue weighted by atomic mass is 19.4. The molecule has 1 N–H and O–H groups in total. The fourth-order valence-electron chi connectivity index (χ4n) is 3.50. The number of likely N-dealkylation sites (N-methyl/N-ethyl adjacent to an activating group) is 1. The largest absolute Gasteiger partial charge is 0.573 e. The second-order valence-corrected chi connectivity index (χ2v) is 7.09. The fraction of sp³-hybridized carbons (Fsp3) is 0.318. The van der Waals surface area contributed by atoms with Gasteiger partial charge in [-0.3, -0.25) is 9.59 Å². The van der Waals surface area contributed by atoms with E-state index in [0.717, 1.165) is 6.07 Å². The van der Waals surface area contributed by atoms with Crippen LogP contribution in [0.5, 0.6) is 11.5 Å². The van der Waals surface area contributed by atoms with E-state index in [1.54, 1.807) is 0 Å². The van der Waals surface area contributed by atoms with E-state index in [9.17, 15) is 28.0 Å². The van der Waals surface area contributed by atoms with Crippen molar-refractivity contribution in [3.05, 3.63) is 47.5 Å². The van der Waals surface area contributed by atoms with Gasteiger partial charge < -0.3 is 19.7 Å². The number of methoxy groups -OCH3 is 1. The number of nitrogens with zero attached hydrogens (tertiary/aromatic N) is 2. The van der Waals surface area contributed by atoms with Gasteiger partial charge in [0.1, 0.15) is 17.5 Å². The van der Waals surface area contributed by atoms with Crippen molar-refractivity contribution < 1.29 is 32.2 Å². The molecule has 2 amide bonds. The summed E-state index contributed by atoms with van der Waals surface area (Å²) in [6.07, 6.45) is -4.51. The van der Waals surface area contributed by atoms with E-state index < -0.39 is 18.2 Å². The first kappa shape index (κ1) is 22.9. The number of amides is 2. The lowest BCUT2D eigenvalue weighted by atomic mass is 9.96. The maximum absolute atomic E-state index is 13.0. The number of rotatable bonds is 6. The van der Waals surface area contributed by atoms with Crippen LogP contribution in [0.25, 0.3) is 11.1 Å². The van der Waals surface area contributed by atoms with E-state index in [1.807, 2.05) is 6.07 Å². The number of alkyl halides is 3. The molecule has 2 aromatic carbocycles. The number of likely N-dealkylation sites (tertiary alicyclic amines) is 1. The molecule has 0 aromatic heterocycles. The third kappa shape index (κ3) is 4.94. The van der Waals surface area contributed by atoms with Gasteiger partial charge in [0.05, 0.1) is 25.2 Å². The number of hydrogen-bond donors (Lipinski definition) is 1. The third-order valence-corrected chi connectivity index (χ3v) is 5.13. The van der Waals surface area contributed by atoms with Crippen LogP contribution in [0.3, 0.4) is 0 Å². The molecule has 1 saturated heterocycles. The summed E-state index contributed by atoms with van der Waals surface area (Å²) < 4.78 is 48.4. The van der Waals surface area contributed by atoms with Gasteiger partial charge in [-0.1, -0.05) is 6.07 Å². The zero-order chi connectivity index (χ0) is 23.5. The number of halogens is 3. The normalized spacial score (nSPS) is 15.4. The summed E-state index contributed by atoms with van der Waals surface area (Å²) >= 11 is 0. The van der Waals surface area contributed by atoms with Crippen LogP contribution in [0.1, 0.15) is 17.5 Å². The van der Waals surface area contributed by atoms with Crippen molar-refractivity contribution >= 4 is 11.8 Å². The summed E-state index contributed by atoms with van der Waals surface area (Å²) in [5, 5.41) is 11.7. The number of carbonyl (C=O) groups excluding carboxylic acids is 2. The molecule has 1 atom stereocenters. The highest BCUT2D eigenvalue weighted by molar-refractivity contribution is 5.90. The Balaban J connectivity index is 1.99. The van der Waals surface area contributed by atoms with Crippen LogP contribution in [-0.2, 0) is 16.0 Å². The molecule has 1 heterocycles. The molecule has 0 spiro atoms. The minimum Gasteiger partial charge on any atom is -0.496 e. The van der Waals surface area contributed by atoms with Crippen molar-refractivity contribution in [3.63, 3.8) is 0 Å². The smallest absolute Gasteiger partial charge is 0.496 e. The highest BCUT2D eigenvalue weighted by Gasteiger charge is 2.37. The van der Waals surface area contributed by atoms with Crippen LogP contribution in [0.15, 0.2) is 36.4 Å². The van der Waals surface area contributed by atoms with Crippen molar-refractivity contribution in [3.8, 4) is 28.7 Å². The number of benzene rings is 2. The van der Waals surface area contributed by atoms with E-state index in [2.05, 4.69) is 10.1 Å². The average molecular weight is 447 g/mol. The van der Waals surface area contributed by atoms with Gasteiger partial charge in [0.25, 0.3) is 0 Å². The van der Waals surface area contributed by atoms with Crippen molar-refractivity contribution in [1.29, 1.82) is 5.26 Å². The predicted molar refractivity (Wildman–Crippen MR) is 108 cm³/mol. The van der Waals surface area contributed by atoms with Crippen LogP contribution in [0.4, 0.5) is 13.2 Å². The molecule has 1 aliphatic rings. The molecule has 0 saturated carbocycles.